The van der Waals surface area contributed by atoms with Gasteiger partial charge in [0, 0.05) is 29.9 Å². The number of rotatable bonds is 2. The van der Waals surface area contributed by atoms with Gasteiger partial charge < -0.3 is 10.8 Å². The normalized spacial score (nSPS) is 10.8. The second-order valence-corrected chi connectivity index (χ2v) is 3.28. The Morgan fingerprint density at radius 2 is 1.94 bits per heavy atom. The van der Waals surface area contributed by atoms with Crippen LogP contribution in [0.4, 0.5) is 11.4 Å². The lowest BCUT2D eigenvalue weighted by molar-refractivity contribution is 0.474. The number of aromatic hydroxyl groups is 1. The highest BCUT2D eigenvalue weighted by Gasteiger charge is 1.97. The zero-order valence-corrected chi connectivity index (χ0v) is 8.54. The quantitative estimate of drug-likeness (QED) is 0.456. The van der Waals surface area contributed by atoms with Crippen LogP contribution in [0.15, 0.2) is 47.7 Å². The fraction of sp³-hybridized carbons (Fsp3) is 0. The lowest BCUT2D eigenvalue weighted by atomic mass is 10.2. The minimum Gasteiger partial charge on any atom is -0.507 e. The molecule has 0 amide bonds. The first-order chi connectivity index (χ1) is 7.75. The van der Waals surface area contributed by atoms with Gasteiger partial charge in [-0.3, -0.25) is 9.98 Å². The Kier molecular flexibility index (Phi) is 2.82. The SMILES string of the molecule is Nc1ccc(O)c(C=Nc2ccncc2)c1. The van der Waals surface area contributed by atoms with Crippen LogP contribution in [0, 0.1) is 0 Å². The van der Waals surface area contributed by atoms with Crippen LogP contribution in [0.5, 0.6) is 5.75 Å². The fourth-order valence-electron chi connectivity index (χ4n) is 1.25. The standard InChI is InChI=1S/C12H11N3O/c13-10-1-2-12(16)9(7-10)8-15-11-3-5-14-6-4-11/h1-8,16H,13H2. The van der Waals surface area contributed by atoms with Crippen molar-refractivity contribution in [2.45, 2.75) is 0 Å². The summed E-state index contributed by atoms with van der Waals surface area (Å²) in [6.45, 7) is 0. The number of nitrogens with zero attached hydrogens (tertiary/aromatic N) is 2. The summed E-state index contributed by atoms with van der Waals surface area (Å²) in [6.07, 6.45) is 4.89. The molecule has 4 nitrogen and oxygen atoms in total. The van der Waals surface area contributed by atoms with Crippen molar-refractivity contribution in [3.05, 3.63) is 48.3 Å². The molecule has 3 N–H and O–H groups in total. The van der Waals surface area contributed by atoms with E-state index in [0.29, 0.717) is 11.3 Å². The zero-order valence-electron chi connectivity index (χ0n) is 8.54. The monoisotopic (exact) mass is 213 g/mol. The number of aliphatic imine (C=N–C) groups is 1. The molecule has 2 aromatic rings. The van der Waals surface area contributed by atoms with Gasteiger partial charge in [0.05, 0.1) is 5.69 Å². The number of hydrogen-bond donors (Lipinski definition) is 2. The first-order valence-electron chi connectivity index (χ1n) is 4.78. The molecule has 0 unspecified atom stereocenters. The van der Waals surface area contributed by atoms with E-state index < -0.39 is 0 Å². The molecular weight excluding hydrogens is 202 g/mol. The molecule has 16 heavy (non-hydrogen) atoms. The molecule has 0 bridgehead atoms. The molecule has 0 aliphatic carbocycles. The summed E-state index contributed by atoms with van der Waals surface area (Å²) >= 11 is 0. The Morgan fingerprint density at radius 3 is 2.69 bits per heavy atom. The van der Waals surface area contributed by atoms with Gasteiger partial charge in [0.2, 0.25) is 0 Å². The second-order valence-electron chi connectivity index (χ2n) is 3.28. The molecule has 0 spiro atoms. The van der Waals surface area contributed by atoms with E-state index in [-0.39, 0.29) is 5.75 Å². The van der Waals surface area contributed by atoms with Crippen LogP contribution in [0.3, 0.4) is 0 Å². The first kappa shape index (κ1) is 10.2. The van der Waals surface area contributed by atoms with Crippen molar-refractivity contribution in [1.29, 1.82) is 0 Å². The molecule has 0 atom stereocenters. The van der Waals surface area contributed by atoms with Gasteiger partial charge in [-0.1, -0.05) is 0 Å². The zero-order chi connectivity index (χ0) is 11.4. The number of phenolic OH excluding ortho intramolecular Hbond substituents is 1. The molecule has 0 radical (unpaired) electrons. The second kappa shape index (κ2) is 4.44. The number of pyridine rings is 1. The van der Waals surface area contributed by atoms with E-state index in [4.69, 9.17) is 5.73 Å². The highest BCUT2D eigenvalue weighted by molar-refractivity contribution is 5.86. The van der Waals surface area contributed by atoms with Crippen molar-refractivity contribution in [3.63, 3.8) is 0 Å². The minimum absolute atomic E-state index is 0.159. The molecule has 80 valence electrons. The first-order valence-corrected chi connectivity index (χ1v) is 4.78. The van der Waals surface area contributed by atoms with Crippen molar-refractivity contribution in [2.24, 2.45) is 4.99 Å². The van der Waals surface area contributed by atoms with Crippen molar-refractivity contribution in [2.75, 3.05) is 5.73 Å². The lowest BCUT2D eigenvalue weighted by Gasteiger charge is -1.99. The highest BCUT2D eigenvalue weighted by Crippen LogP contribution is 2.18. The van der Waals surface area contributed by atoms with Crippen LogP contribution in [0.1, 0.15) is 5.56 Å². The van der Waals surface area contributed by atoms with Crippen LogP contribution in [0.25, 0.3) is 0 Å². The summed E-state index contributed by atoms with van der Waals surface area (Å²) < 4.78 is 0. The van der Waals surface area contributed by atoms with E-state index >= 15 is 0 Å². The molecule has 1 aromatic heterocycles. The third-order valence-electron chi connectivity index (χ3n) is 2.07. The number of nitrogens with two attached hydrogens (primary N) is 1. The largest absolute Gasteiger partial charge is 0.507 e. The van der Waals surface area contributed by atoms with Crippen LogP contribution in [-0.2, 0) is 0 Å². The van der Waals surface area contributed by atoms with Gasteiger partial charge in [0.15, 0.2) is 0 Å². The Hall–Kier alpha value is -2.36. The van der Waals surface area contributed by atoms with E-state index in [2.05, 4.69) is 9.98 Å². The molecule has 2 rings (SSSR count). The number of anilines is 1. The van der Waals surface area contributed by atoms with E-state index in [1.807, 2.05) is 0 Å². The lowest BCUT2D eigenvalue weighted by Crippen LogP contribution is -1.88. The van der Waals surface area contributed by atoms with Gasteiger partial charge in [-0.2, -0.15) is 0 Å². The van der Waals surface area contributed by atoms with Crippen molar-refractivity contribution < 1.29 is 5.11 Å². The predicted molar refractivity (Wildman–Crippen MR) is 64.0 cm³/mol. The van der Waals surface area contributed by atoms with Crippen molar-refractivity contribution in [3.8, 4) is 5.75 Å². The van der Waals surface area contributed by atoms with Crippen LogP contribution in [0.2, 0.25) is 0 Å². The number of hydrogen-bond acceptors (Lipinski definition) is 4. The maximum Gasteiger partial charge on any atom is 0.124 e. The summed E-state index contributed by atoms with van der Waals surface area (Å²) in [7, 11) is 0. The maximum absolute atomic E-state index is 9.55. The Balaban J connectivity index is 2.27. The highest BCUT2D eigenvalue weighted by atomic mass is 16.3. The van der Waals surface area contributed by atoms with Gasteiger partial charge in [0.1, 0.15) is 5.75 Å². The summed E-state index contributed by atoms with van der Waals surface area (Å²) in [4.78, 5) is 8.09. The van der Waals surface area contributed by atoms with Crippen LogP contribution < -0.4 is 5.73 Å². The Labute approximate surface area is 93.1 Å². The predicted octanol–water partition coefficient (Wildman–Crippen LogP) is 2.12. The van der Waals surface area contributed by atoms with Crippen LogP contribution >= 0.6 is 0 Å². The number of aromatic nitrogens is 1. The van der Waals surface area contributed by atoms with E-state index in [1.165, 1.54) is 0 Å². The third-order valence-corrected chi connectivity index (χ3v) is 2.07. The van der Waals surface area contributed by atoms with Gasteiger partial charge in [-0.25, -0.2) is 0 Å². The van der Waals surface area contributed by atoms with Gasteiger partial charge in [-0.05, 0) is 30.3 Å². The molecule has 0 saturated heterocycles. The van der Waals surface area contributed by atoms with Crippen LogP contribution in [-0.4, -0.2) is 16.3 Å². The molecule has 0 fully saturated rings. The third kappa shape index (κ3) is 2.36. The molecule has 1 aromatic carbocycles. The summed E-state index contributed by atoms with van der Waals surface area (Å²) in [5.41, 5.74) is 7.57. The average Bonchev–Trinajstić information content (AvgIpc) is 2.32. The minimum atomic E-state index is 0.159. The topological polar surface area (TPSA) is 71.5 Å². The smallest absolute Gasteiger partial charge is 0.124 e. The summed E-state index contributed by atoms with van der Waals surface area (Å²) in [6, 6.07) is 8.40. The van der Waals surface area contributed by atoms with Gasteiger partial charge >= 0.3 is 0 Å². The number of benzene rings is 1. The Morgan fingerprint density at radius 1 is 1.19 bits per heavy atom. The van der Waals surface area contributed by atoms with Crippen molar-refractivity contribution >= 4 is 17.6 Å². The van der Waals surface area contributed by atoms with Gasteiger partial charge in [-0.15, -0.1) is 0 Å². The number of nitrogen functional groups attached to an aromatic ring is 1. The number of phenols is 1. The van der Waals surface area contributed by atoms with E-state index in [0.717, 1.165) is 5.69 Å². The van der Waals surface area contributed by atoms with Gasteiger partial charge in [0.25, 0.3) is 0 Å². The fourth-order valence-corrected chi connectivity index (χ4v) is 1.25. The molecule has 0 aliphatic heterocycles. The van der Waals surface area contributed by atoms with Crippen molar-refractivity contribution in [1.82, 2.24) is 4.98 Å². The molecule has 1 heterocycles. The molecule has 0 saturated carbocycles. The molecule has 0 aliphatic rings. The van der Waals surface area contributed by atoms with E-state index in [9.17, 15) is 5.11 Å². The average molecular weight is 213 g/mol. The Bertz CT molecular complexity index is 509. The maximum atomic E-state index is 9.55. The van der Waals surface area contributed by atoms with E-state index in [1.54, 1.807) is 48.9 Å². The molecular formula is C12H11N3O. The summed E-state index contributed by atoms with van der Waals surface area (Å²) in [5.74, 6) is 0.159. The summed E-state index contributed by atoms with van der Waals surface area (Å²) in [5, 5.41) is 9.55. The molecule has 4 heteroatoms.